The third-order valence-corrected chi connectivity index (χ3v) is 6.38. The number of hydrogen-bond acceptors (Lipinski definition) is 7. The van der Waals surface area contributed by atoms with Crippen molar-refractivity contribution in [3.63, 3.8) is 0 Å². The molecule has 0 bridgehead atoms. The van der Waals surface area contributed by atoms with E-state index in [1.54, 1.807) is 13.0 Å². The average Bonchev–Trinajstić information content (AvgIpc) is 2.86. The molecule has 35 heavy (non-hydrogen) atoms. The highest BCUT2D eigenvalue weighted by Gasteiger charge is 2.23. The molecule has 0 saturated carbocycles. The number of hydrogen-bond donors (Lipinski definition) is 2. The van der Waals surface area contributed by atoms with E-state index in [2.05, 4.69) is 28.7 Å². The molecule has 1 aliphatic carbocycles. The molecular weight excluding hydrogens is 444 g/mol. The van der Waals surface area contributed by atoms with Crippen molar-refractivity contribution in [2.45, 2.75) is 52.1 Å². The maximum absolute atomic E-state index is 12.7. The van der Waals surface area contributed by atoms with Gasteiger partial charge < -0.3 is 15.5 Å². The van der Waals surface area contributed by atoms with E-state index in [4.69, 9.17) is 16.4 Å². The lowest BCUT2D eigenvalue weighted by Crippen LogP contribution is -2.49. The van der Waals surface area contributed by atoms with E-state index in [1.165, 1.54) is 11.3 Å². The fourth-order valence-electron chi connectivity index (χ4n) is 3.99. The van der Waals surface area contributed by atoms with Gasteiger partial charge in [-0.25, -0.2) is 5.84 Å². The summed E-state index contributed by atoms with van der Waals surface area (Å²) < 4.78 is 5.40. The lowest BCUT2D eigenvalue weighted by atomic mass is 9.95. The van der Waals surface area contributed by atoms with Gasteiger partial charge in [-0.05, 0) is 51.5 Å². The molecule has 2 rings (SSSR count). The Balaban J connectivity index is 1.58. The highest BCUT2D eigenvalue weighted by Crippen LogP contribution is 2.21. The van der Waals surface area contributed by atoms with E-state index in [0.717, 1.165) is 64.1 Å². The largest absolute Gasteiger partial charge is 0.462 e. The van der Waals surface area contributed by atoms with Gasteiger partial charge in [0.05, 0.1) is 17.7 Å². The number of piperazine rings is 1. The summed E-state index contributed by atoms with van der Waals surface area (Å²) in [5.41, 5.74) is 0.821. The first-order valence-corrected chi connectivity index (χ1v) is 12.5. The summed E-state index contributed by atoms with van der Waals surface area (Å²) in [7, 11) is 0. The fraction of sp³-hybridized carbons (Fsp3) is 0.577. The van der Waals surface area contributed by atoms with E-state index in [9.17, 15) is 9.59 Å². The van der Waals surface area contributed by atoms with E-state index < -0.39 is 0 Å². The number of hydrazine groups is 1. The third kappa shape index (κ3) is 10.1. The first-order valence-electron chi connectivity index (χ1n) is 12.5. The number of amides is 1. The smallest absolute Gasteiger partial charge is 0.312 e. The molecule has 1 saturated heterocycles. The van der Waals surface area contributed by atoms with Crippen molar-refractivity contribution < 1.29 is 14.3 Å². The molecule has 0 aromatic heterocycles. The number of carbonyl (C=O) groups is 2. The summed E-state index contributed by atoms with van der Waals surface area (Å²) >= 11 is 0. The summed E-state index contributed by atoms with van der Waals surface area (Å²) in [4.78, 5) is 28.9. The zero-order valence-electron chi connectivity index (χ0n) is 21.2. The number of nitrogens with two attached hydrogens (primary N) is 2. The van der Waals surface area contributed by atoms with Crippen LogP contribution < -0.4 is 11.7 Å². The molecular formula is C26H42N6O3. The number of ether oxygens (including phenoxy) is 1. The van der Waals surface area contributed by atoms with Crippen molar-refractivity contribution in [1.29, 1.82) is 0 Å². The van der Waals surface area contributed by atoms with Gasteiger partial charge in [0.15, 0.2) is 0 Å². The van der Waals surface area contributed by atoms with Crippen LogP contribution in [-0.2, 0) is 14.3 Å². The molecule has 0 spiro atoms. The molecule has 0 aromatic rings. The van der Waals surface area contributed by atoms with Crippen LogP contribution in [0.4, 0.5) is 0 Å². The standard InChI is InChI=1S/C26H42N6O3/c1-4-21(2)26(34)35-22(3)9-7-5-6-8-14-30-15-17-31(18-16-30)25(33)19-23-10-12-24(13-11-23)32(28)20-29-27/h4-6,10,12-13,20-23H,1,7-9,11,14-19,27-28H2,2-3H3/b6-5+,29-20-. The van der Waals surface area contributed by atoms with Crippen LogP contribution in [0.2, 0.25) is 0 Å². The average molecular weight is 487 g/mol. The number of carbonyl (C=O) groups excluding carboxylic acids is 2. The van der Waals surface area contributed by atoms with Gasteiger partial charge in [0, 0.05) is 39.1 Å². The quantitative estimate of drug-likeness (QED) is 0.103. The summed E-state index contributed by atoms with van der Waals surface area (Å²) in [5, 5.41) is 4.78. The van der Waals surface area contributed by atoms with Crippen LogP contribution in [0.5, 0.6) is 0 Å². The predicted octanol–water partition coefficient (Wildman–Crippen LogP) is 2.54. The SMILES string of the molecule is C=CC(C)C(=O)OC(C)CC/C=C/CCN1CCN(C(=O)CC2C=CC(N(N)/C=N\N)=CC2)CC1. The number of allylic oxidation sites excluding steroid dienone is 4. The molecule has 3 atom stereocenters. The molecule has 194 valence electrons. The Morgan fingerprint density at radius 3 is 2.60 bits per heavy atom. The first kappa shape index (κ1) is 28.3. The molecule has 4 N–H and O–H groups in total. The van der Waals surface area contributed by atoms with Gasteiger partial charge in [-0.15, -0.1) is 6.58 Å². The summed E-state index contributed by atoms with van der Waals surface area (Å²) in [6, 6.07) is 0. The summed E-state index contributed by atoms with van der Waals surface area (Å²) in [6.45, 7) is 11.7. The second-order valence-corrected chi connectivity index (χ2v) is 9.19. The van der Waals surface area contributed by atoms with E-state index >= 15 is 0 Å². The minimum absolute atomic E-state index is 0.0942. The van der Waals surface area contributed by atoms with Crippen molar-refractivity contribution >= 4 is 18.2 Å². The molecule has 9 nitrogen and oxygen atoms in total. The Kier molecular flexibility index (Phi) is 12.3. The Morgan fingerprint density at radius 1 is 1.26 bits per heavy atom. The van der Waals surface area contributed by atoms with Crippen molar-refractivity contribution in [3.8, 4) is 0 Å². The van der Waals surface area contributed by atoms with E-state index in [1.807, 2.05) is 30.1 Å². The summed E-state index contributed by atoms with van der Waals surface area (Å²) in [5.74, 6) is 10.9. The Morgan fingerprint density at radius 2 is 1.97 bits per heavy atom. The van der Waals surface area contributed by atoms with Crippen LogP contribution in [-0.4, -0.2) is 71.9 Å². The molecule has 9 heteroatoms. The first-order chi connectivity index (χ1) is 16.8. The molecule has 0 radical (unpaired) electrons. The zero-order chi connectivity index (χ0) is 25.6. The number of rotatable bonds is 13. The van der Waals surface area contributed by atoms with Gasteiger partial charge in [0.25, 0.3) is 0 Å². The maximum Gasteiger partial charge on any atom is 0.312 e. The van der Waals surface area contributed by atoms with Crippen molar-refractivity contribution in [1.82, 2.24) is 14.8 Å². The van der Waals surface area contributed by atoms with Gasteiger partial charge >= 0.3 is 5.97 Å². The molecule has 1 fully saturated rings. The number of esters is 1. The minimum atomic E-state index is -0.265. The van der Waals surface area contributed by atoms with E-state index in [-0.39, 0.29) is 29.8 Å². The maximum atomic E-state index is 12.7. The Bertz CT molecular complexity index is 814. The van der Waals surface area contributed by atoms with Gasteiger partial charge in [0.2, 0.25) is 5.91 Å². The van der Waals surface area contributed by atoms with Crippen molar-refractivity contribution in [2.75, 3.05) is 32.7 Å². The molecule has 1 amide bonds. The molecule has 1 aliphatic heterocycles. The van der Waals surface area contributed by atoms with Gasteiger partial charge in [-0.2, -0.15) is 5.10 Å². The molecule has 0 aromatic carbocycles. The van der Waals surface area contributed by atoms with Crippen LogP contribution in [0.1, 0.15) is 46.0 Å². The molecule has 3 unspecified atom stereocenters. The Labute approximate surface area is 209 Å². The van der Waals surface area contributed by atoms with Gasteiger partial charge in [-0.3, -0.25) is 19.5 Å². The lowest BCUT2D eigenvalue weighted by molar-refractivity contribution is -0.151. The number of nitrogens with zero attached hydrogens (tertiary/aromatic N) is 4. The Hall–Kier alpha value is -2.91. The molecule has 1 heterocycles. The highest BCUT2D eigenvalue weighted by atomic mass is 16.5. The van der Waals surface area contributed by atoms with Gasteiger partial charge in [0.1, 0.15) is 6.34 Å². The highest BCUT2D eigenvalue weighted by molar-refractivity contribution is 5.77. The second kappa shape index (κ2) is 15.2. The van der Waals surface area contributed by atoms with Crippen molar-refractivity contribution in [3.05, 3.63) is 48.7 Å². The normalized spacial score (nSPS) is 20.6. The fourth-order valence-corrected chi connectivity index (χ4v) is 3.99. The summed E-state index contributed by atoms with van der Waals surface area (Å²) in [6.07, 6.45) is 17.1. The predicted molar refractivity (Wildman–Crippen MR) is 140 cm³/mol. The second-order valence-electron chi connectivity index (χ2n) is 9.19. The minimum Gasteiger partial charge on any atom is -0.462 e. The molecule has 2 aliphatic rings. The van der Waals surface area contributed by atoms with Crippen LogP contribution in [0.3, 0.4) is 0 Å². The third-order valence-electron chi connectivity index (χ3n) is 6.38. The van der Waals surface area contributed by atoms with Gasteiger partial charge in [-0.1, -0.05) is 30.4 Å². The lowest BCUT2D eigenvalue weighted by Gasteiger charge is -2.35. The van der Waals surface area contributed by atoms with Crippen LogP contribution in [0.15, 0.2) is 53.8 Å². The zero-order valence-corrected chi connectivity index (χ0v) is 21.2. The van der Waals surface area contributed by atoms with Crippen LogP contribution in [0.25, 0.3) is 0 Å². The van der Waals surface area contributed by atoms with Crippen molar-refractivity contribution in [2.24, 2.45) is 28.6 Å². The number of hydrazone groups is 1. The van der Waals surface area contributed by atoms with Crippen LogP contribution in [0, 0.1) is 11.8 Å². The topological polar surface area (TPSA) is 117 Å². The monoisotopic (exact) mass is 486 g/mol. The van der Waals surface area contributed by atoms with E-state index in [0.29, 0.717) is 6.42 Å². The van der Waals surface area contributed by atoms with Crippen LogP contribution >= 0.6 is 0 Å².